The molecule has 0 aliphatic heterocycles. The standard InChI is InChI=1S/C8H9NO5S/c1-15(12,13)14-5-6-3-2-4-9-7(6)8(10)11/h2-4H,5H2,1H3,(H,10,11). The number of aromatic nitrogens is 1. The quantitative estimate of drug-likeness (QED) is 0.747. The molecule has 1 aromatic heterocycles. The summed E-state index contributed by atoms with van der Waals surface area (Å²) >= 11 is 0. The van der Waals surface area contributed by atoms with Crippen LogP contribution in [0.2, 0.25) is 0 Å². The van der Waals surface area contributed by atoms with Crippen molar-refractivity contribution in [3.05, 3.63) is 29.6 Å². The van der Waals surface area contributed by atoms with Crippen molar-refractivity contribution in [3.63, 3.8) is 0 Å². The van der Waals surface area contributed by atoms with Crippen LogP contribution in [0.5, 0.6) is 0 Å². The van der Waals surface area contributed by atoms with E-state index in [9.17, 15) is 13.2 Å². The van der Waals surface area contributed by atoms with Crippen LogP contribution in [-0.4, -0.2) is 30.7 Å². The number of aromatic carboxylic acids is 1. The summed E-state index contributed by atoms with van der Waals surface area (Å²) in [5.74, 6) is -1.22. The van der Waals surface area contributed by atoms with Gasteiger partial charge >= 0.3 is 5.97 Å². The third kappa shape index (κ3) is 3.64. The highest BCUT2D eigenvalue weighted by Gasteiger charge is 2.12. The third-order valence-electron chi connectivity index (χ3n) is 1.52. The number of hydrogen-bond donors (Lipinski definition) is 1. The van der Waals surface area contributed by atoms with Gasteiger partial charge in [-0.05, 0) is 6.07 Å². The molecule has 0 aliphatic rings. The van der Waals surface area contributed by atoms with Gasteiger partial charge in [-0.3, -0.25) is 4.18 Å². The molecular weight excluding hydrogens is 222 g/mol. The molecule has 0 amide bonds. The predicted octanol–water partition coefficient (Wildman–Crippen LogP) is 0.256. The maximum Gasteiger partial charge on any atom is 0.354 e. The van der Waals surface area contributed by atoms with Gasteiger partial charge < -0.3 is 5.11 Å². The number of carboxylic acid groups (broad SMARTS) is 1. The summed E-state index contributed by atoms with van der Waals surface area (Å²) in [5, 5.41) is 8.73. The average Bonchev–Trinajstić information content (AvgIpc) is 2.14. The van der Waals surface area contributed by atoms with Crippen LogP contribution in [0.1, 0.15) is 16.1 Å². The van der Waals surface area contributed by atoms with Crippen LogP contribution in [0.4, 0.5) is 0 Å². The highest BCUT2D eigenvalue weighted by Crippen LogP contribution is 2.08. The van der Waals surface area contributed by atoms with E-state index in [1.54, 1.807) is 0 Å². The van der Waals surface area contributed by atoms with E-state index in [1.807, 2.05) is 0 Å². The Bertz CT molecular complexity index is 468. The summed E-state index contributed by atoms with van der Waals surface area (Å²) < 4.78 is 25.9. The summed E-state index contributed by atoms with van der Waals surface area (Å²) in [7, 11) is -3.59. The zero-order chi connectivity index (χ0) is 11.5. The lowest BCUT2D eigenvalue weighted by molar-refractivity contribution is 0.0687. The van der Waals surface area contributed by atoms with E-state index in [0.29, 0.717) is 0 Å². The Morgan fingerprint density at radius 1 is 1.60 bits per heavy atom. The molecule has 1 aromatic rings. The highest BCUT2D eigenvalue weighted by molar-refractivity contribution is 7.85. The second kappa shape index (κ2) is 4.37. The predicted molar refractivity (Wildman–Crippen MR) is 50.8 cm³/mol. The minimum absolute atomic E-state index is 0.207. The summed E-state index contributed by atoms with van der Waals surface area (Å²) in [4.78, 5) is 14.3. The first kappa shape index (κ1) is 11.6. The van der Waals surface area contributed by atoms with Crippen molar-refractivity contribution in [1.29, 1.82) is 0 Å². The van der Waals surface area contributed by atoms with E-state index in [4.69, 9.17) is 5.11 Å². The number of carbonyl (C=O) groups is 1. The molecule has 0 atom stereocenters. The lowest BCUT2D eigenvalue weighted by Crippen LogP contribution is -2.09. The van der Waals surface area contributed by atoms with Crippen LogP contribution in [-0.2, 0) is 20.9 Å². The zero-order valence-electron chi connectivity index (χ0n) is 7.87. The second-order valence-electron chi connectivity index (χ2n) is 2.78. The van der Waals surface area contributed by atoms with E-state index in [2.05, 4.69) is 9.17 Å². The number of rotatable bonds is 4. The molecule has 0 aromatic carbocycles. The second-order valence-corrected chi connectivity index (χ2v) is 4.43. The molecule has 6 nitrogen and oxygen atoms in total. The Balaban J connectivity index is 2.90. The number of hydrogen-bond acceptors (Lipinski definition) is 5. The fraction of sp³-hybridized carbons (Fsp3) is 0.250. The summed E-state index contributed by atoms with van der Waals surface area (Å²) in [6.07, 6.45) is 2.21. The fourth-order valence-corrected chi connectivity index (χ4v) is 1.26. The van der Waals surface area contributed by atoms with Gasteiger partial charge in [0.1, 0.15) is 0 Å². The molecule has 0 saturated heterocycles. The van der Waals surface area contributed by atoms with Gasteiger partial charge in [-0.15, -0.1) is 0 Å². The van der Waals surface area contributed by atoms with Crippen molar-refractivity contribution in [3.8, 4) is 0 Å². The summed E-state index contributed by atoms with van der Waals surface area (Å²) in [6.45, 7) is -0.325. The third-order valence-corrected chi connectivity index (χ3v) is 2.07. The molecule has 1 N–H and O–H groups in total. The van der Waals surface area contributed by atoms with Crippen molar-refractivity contribution in [2.24, 2.45) is 0 Å². The van der Waals surface area contributed by atoms with Crippen molar-refractivity contribution >= 4 is 16.1 Å². The normalized spacial score (nSPS) is 11.3. The van der Waals surface area contributed by atoms with Gasteiger partial charge in [0.2, 0.25) is 0 Å². The van der Waals surface area contributed by atoms with Crippen molar-refractivity contribution < 1.29 is 22.5 Å². The molecule has 1 heterocycles. The molecule has 15 heavy (non-hydrogen) atoms. The first-order chi connectivity index (χ1) is 6.90. The first-order valence-corrected chi connectivity index (χ1v) is 5.73. The minimum Gasteiger partial charge on any atom is -0.477 e. The van der Waals surface area contributed by atoms with Crippen molar-refractivity contribution in [2.75, 3.05) is 6.26 Å². The van der Waals surface area contributed by atoms with E-state index >= 15 is 0 Å². The molecule has 0 spiro atoms. The fourth-order valence-electron chi connectivity index (χ4n) is 0.918. The van der Waals surface area contributed by atoms with E-state index in [-0.39, 0.29) is 17.9 Å². The topological polar surface area (TPSA) is 93.6 Å². The van der Waals surface area contributed by atoms with Crippen LogP contribution in [0, 0.1) is 0 Å². The lowest BCUT2D eigenvalue weighted by Gasteiger charge is -2.03. The van der Waals surface area contributed by atoms with E-state index < -0.39 is 16.1 Å². The molecular formula is C8H9NO5S. The van der Waals surface area contributed by atoms with Gasteiger partial charge in [0, 0.05) is 11.8 Å². The monoisotopic (exact) mass is 231 g/mol. The molecule has 0 bridgehead atoms. The molecule has 7 heteroatoms. The van der Waals surface area contributed by atoms with Crippen LogP contribution in [0.25, 0.3) is 0 Å². The molecule has 82 valence electrons. The smallest absolute Gasteiger partial charge is 0.354 e. The van der Waals surface area contributed by atoms with Crippen molar-refractivity contribution in [1.82, 2.24) is 4.98 Å². The SMILES string of the molecule is CS(=O)(=O)OCc1cccnc1C(=O)O. The van der Waals surface area contributed by atoms with Crippen LogP contribution in [0.3, 0.4) is 0 Å². The summed E-state index contributed by atoms with van der Waals surface area (Å²) in [6, 6.07) is 2.95. The van der Waals surface area contributed by atoms with E-state index in [0.717, 1.165) is 6.26 Å². The molecule has 0 aliphatic carbocycles. The van der Waals surface area contributed by atoms with Crippen LogP contribution < -0.4 is 0 Å². The number of nitrogens with zero attached hydrogens (tertiary/aromatic N) is 1. The molecule has 1 rings (SSSR count). The van der Waals surface area contributed by atoms with Gasteiger partial charge in [-0.25, -0.2) is 9.78 Å². The minimum atomic E-state index is -3.59. The molecule has 0 fully saturated rings. The Hall–Kier alpha value is -1.47. The average molecular weight is 231 g/mol. The molecule has 0 unspecified atom stereocenters. The largest absolute Gasteiger partial charge is 0.477 e. The van der Waals surface area contributed by atoms with Gasteiger partial charge in [0.15, 0.2) is 5.69 Å². The maximum atomic E-state index is 10.7. The Kier molecular flexibility index (Phi) is 3.38. The zero-order valence-corrected chi connectivity index (χ0v) is 8.69. The van der Waals surface area contributed by atoms with Crippen LogP contribution in [0.15, 0.2) is 18.3 Å². The van der Waals surface area contributed by atoms with Gasteiger partial charge in [0.25, 0.3) is 10.1 Å². The van der Waals surface area contributed by atoms with Gasteiger partial charge in [0.05, 0.1) is 12.9 Å². The maximum absolute atomic E-state index is 10.7. The first-order valence-electron chi connectivity index (χ1n) is 3.92. The van der Waals surface area contributed by atoms with Crippen molar-refractivity contribution in [2.45, 2.75) is 6.61 Å². The number of carboxylic acids is 1. The Morgan fingerprint density at radius 2 is 2.27 bits per heavy atom. The van der Waals surface area contributed by atoms with Crippen LogP contribution >= 0.6 is 0 Å². The summed E-state index contributed by atoms with van der Waals surface area (Å²) in [5.41, 5.74) is 0.0107. The molecule has 0 radical (unpaired) electrons. The van der Waals surface area contributed by atoms with Gasteiger partial charge in [-0.2, -0.15) is 8.42 Å². The Labute approximate surface area is 86.6 Å². The number of pyridine rings is 1. The lowest BCUT2D eigenvalue weighted by atomic mass is 10.2. The van der Waals surface area contributed by atoms with Gasteiger partial charge in [-0.1, -0.05) is 6.07 Å². The van der Waals surface area contributed by atoms with E-state index in [1.165, 1.54) is 18.3 Å². The Morgan fingerprint density at radius 3 is 2.80 bits per heavy atom. The molecule has 0 saturated carbocycles. The highest BCUT2D eigenvalue weighted by atomic mass is 32.2.